The highest BCUT2D eigenvalue weighted by atomic mass is 16.4. The average Bonchev–Trinajstić information content (AvgIpc) is 3.29. The van der Waals surface area contributed by atoms with E-state index in [0.29, 0.717) is 5.41 Å². The Bertz CT molecular complexity index is 490. The van der Waals surface area contributed by atoms with E-state index in [1.165, 1.54) is 31.2 Å². The molecule has 19 heavy (non-hydrogen) atoms. The van der Waals surface area contributed by atoms with Crippen molar-refractivity contribution in [1.82, 2.24) is 5.32 Å². The minimum Gasteiger partial charge on any atom is -0.409 e. The van der Waals surface area contributed by atoms with Gasteiger partial charge in [0.15, 0.2) is 5.84 Å². The van der Waals surface area contributed by atoms with Gasteiger partial charge in [-0.15, -0.1) is 0 Å². The summed E-state index contributed by atoms with van der Waals surface area (Å²) >= 11 is 0. The van der Waals surface area contributed by atoms with Gasteiger partial charge in [-0.3, -0.25) is 0 Å². The monoisotopic (exact) mass is 259 g/mol. The molecule has 0 atom stereocenters. The zero-order valence-corrected chi connectivity index (χ0v) is 11.1. The Morgan fingerprint density at radius 2 is 2.21 bits per heavy atom. The number of rotatable bonds is 6. The van der Waals surface area contributed by atoms with E-state index >= 15 is 0 Å². The second kappa shape index (κ2) is 4.85. The molecule has 0 aliphatic heterocycles. The van der Waals surface area contributed by atoms with Crippen LogP contribution in [0.2, 0.25) is 0 Å². The fraction of sp³-hybridized carbons (Fsp3) is 0.533. The largest absolute Gasteiger partial charge is 0.409 e. The average molecular weight is 259 g/mol. The van der Waals surface area contributed by atoms with Crippen molar-refractivity contribution in [3.8, 4) is 0 Å². The zero-order chi connectivity index (χ0) is 13.3. The van der Waals surface area contributed by atoms with Crippen molar-refractivity contribution >= 4 is 5.84 Å². The molecule has 0 bridgehead atoms. The molecule has 0 spiro atoms. The molecule has 0 saturated heterocycles. The van der Waals surface area contributed by atoms with E-state index < -0.39 is 0 Å². The molecule has 1 aromatic carbocycles. The summed E-state index contributed by atoms with van der Waals surface area (Å²) < 4.78 is 0. The molecule has 0 unspecified atom stereocenters. The minimum atomic E-state index is 0.165. The predicted octanol–water partition coefficient (Wildman–Crippen LogP) is 2.06. The molecule has 0 radical (unpaired) electrons. The lowest BCUT2D eigenvalue weighted by atomic mass is 10.0. The van der Waals surface area contributed by atoms with Gasteiger partial charge in [-0.2, -0.15) is 0 Å². The standard InChI is InChI=1S/C15H21N3O/c16-14(18-19)12-3-1-2-11(8-12)9-17-10-15(6-7-15)13-4-5-13/h1-3,8,13,17,19H,4-7,9-10H2,(H2,16,18). The van der Waals surface area contributed by atoms with Crippen LogP contribution in [-0.4, -0.2) is 17.6 Å². The topological polar surface area (TPSA) is 70.6 Å². The zero-order valence-electron chi connectivity index (χ0n) is 11.1. The third kappa shape index (κ3) is 2.73. The summed E-state index contributed by atoms with van der Waals surface area (Å²) in [6.45, 7) is 1.98. The SMILES string of the molecule is N/C(=N/O)c1cccc(CNCC2(C3CC3)CC2)c1. The third-order valence-electron chi connectivity index (χ3n) is 4.47. The lowest BCUT2D eigenvalue weighted by Crippen LogP contribution is -2.25. The minimum absolute atomic E-state index is 0.165. The van der Waals surface area contributed by atoms with Crippen molar-refractivity contribution < 1.29 is 5.21 Å². The molecular weight excluding hydrogens is 238 g/mol. The van der Waals surface area contributed by atoms with Crippen LogP contribution >= 0.6 is 0 Å². The van der Waals surface area contributed by atoms with Crippen LogP contribution in [0.5, 0.6) is 0 Å². The molecule has 2 saturated carbocycles. The number of nitrogens with one attached hydrogen (secondary N) is 1. The first-order valence-corrected chi connectivity index (χ1v) is 7.01. The van der Waals surface area contributed by atoms with Gasteiger partial charge >= 0.3 is 0 Å². The number of hydrogen-bond donors (Lipinski definition) is 3. The van der Waals surface area contributed by atoms with Gasteiger partial charge in [0.25, 0.3) is 0 Å². The molecule has 2 aliphatic rings. The Balaban J connectivity index is 1.55. The van der Waals surface area contributed by atoms with Gasteiger partial charge in [0.05, 0.1) is 0 Å². The van der Waals surface area contributed by atoms with E-state index in [-0.39, 0.29) is 5.84 Å². The first-order chi connectivity index (χ1) is 9.23. The lowest BCUT2D eigenvalue weighted by Gasteiger charge is -2.15. The molecule has 0 aromatic heterocycles. The second-order valence-electron chi connectivity index (χ2n) is 5.93. The highest BCUT2D eigenvalue weighted by Crippen LogP contribution is 2.60. The highest BCUT2D eigenvalue weighted by molar-refractivity contribution is 5.97. The van der Waals surface area contributed by atoms with Crippen LogP contribution in [0.1, 0.15) is 36.8 Å². The van der Waals surface area contributed by atoms with Gasteiger partial charge in [0, 0.05) is 18.7 Å². The van der Waals surface area contributed by atoms with E-state index in [1.54, 1.807) is 0 Å². The quantitative estimate of drug-likeness (QED) is 0.317. The summed E-state index contributed by atoms with van der Waals surface area (Å²) in [6, 6.07) is 7.83. The van der Waals surface area contributed by atoms with Gasteiger partial charge in [-0.25, -0.2) is 0 Å². The predicted molar refractivity (Wildman–Crippen MR) is 75.1 cm³/mol. The van der Waals surface area contributed by atoms with Crippen LogP contribution in [0.4, 0.5) is 0 Å². The fourth-order valence-electron chi connectivity index (χ4n) is 2.94. The summed E-state index contributed by atoms with van der Waals surface area (Å²) in [4.78, 5) is 0. The third-order valence-corrected chi connectivity index (χ3v) is 4.47. The maximum Gasteiger partial charge on any atom is 0.170 e. The first kappa shape index (κ1) is 12.5. The number of benzene rings is 1. The van der Waals surface area contributed by atoms with E-state index in [1.807, 2.05) is 18.2 Å². The molecule has 4 heteroatoms. The van der Waals surface area contributed by atoms with E-state index in [2.05, 4.69) is 16.5 Å². The highest BCUT2D eigenvalue weighted by Gasteiger charge is 2.53. The molecule has 2 aliphatic carbocycles. The van der Waals surface area contributed by atoms with Gasteiger partial charge in [-0.1, -0.05) is 23.4 Å². The molecule has 4 N–H and O–H groups in total. The maximum absolute atomic E-state index is 8.69. The van der Waals surface area contributed by atoms with Crippen LogP contribution in [0.15, 0.2) is 29.4 Å². The summed E-state index contributed by atoms with van der Waals surface area (Å²) in [7, 11) is 0. The summed E-state index contributed by atoms with van der Waals surface area (Å²) in [5.74, 6) is 1.15. The summed E-state index contributed by atoms with van der Waals surface area (Å²) in [6.07, 6.45) is 5.66. The molecule has 2 fully saturated rings. The van der Waals surface area contributed by atoms with Crippen molar-refractivity contribution in [2.24, 2.45) is 22.2 Å². The molecular formula is C15H21N3O. The van der Waals surface area contributed by atoms with Crippen molar-refractivity contribution in [3.63, 3.8) is 0 Å². The smallest absolute Gasteiger partial charge is 0.170 e. The van der Waals surface area contributed by atoms with Crippen LogP contribution in [0, 0.1) is 11.3 Å². The van der Waals surface area contributed by atoms with E-state index in [9.17, 15) is 0 Å². The molecule has 0 amide bonds. The van der Waals surface area contributed by atoms with Crippen molar-refractivity contribution in [3.05, 3.63) is 35.4 Å². The van der Waals surface area contributed by atoms with Gasteiger partial charge in [0.1, 0.15) is 0 Å². The lowest BCUT2D eigenvalue weighted by molar-refractivity contribution is 0.318. The number of hydrogen-bond acceptors (Lipinski definition) is 3. The van der Waals surface area contributed by atoms with Crippen LogP contribution in [0.3, 0.4) is 0 Å². The number of nitrogens with zero attached hydrogens (tertiary/aromatic N) is 1. The first-order valence-electron chi connectivity index (χ1n) is 7.01. The Hall–Kier alpha value is -1.55. The Labute approximate surface area is 113 Å². The van der Waals surface area contributed by atoms with Crippen molar-refractivity contribution in [1.29, 1.82) is 0 Å². The Kier molecular flexibility index (Phi) is 3.19. The number of nitrogens with two attached hydrogens (primary N) is 1. The summed E-state index contributed by atoms with van der Waals surface area (Å²) in [5, 5.41) is 15.3. The maximum atomic E-state index is 8.69. The Morgan fingerprint density at radius 3 is 2.84 bits per heavy atom. The van der Waals surface area contributed by atoms with Crippen molar-refractivity contribution in [2.75, 3.05) is 6.54 Å². The van der Waals surface area contributed by atoms with Gasteiger partial charge in [-0.05, 0) is 48.6 Å². The molecule has 102 valence electrons. The summed E-state index contributed by atoms with van der Waals surface area (Å²) in [5.41, 5.74) is 8.17. The number of oxime groups is 1. The molecule has 4 nitrogen and oxygen atoms in total. The van der Waals surface area contributed by atoms with E-state index in [0.717, 1.165) is 24.6 Å². The molecule has 0 heterocycles. The van der Waals surface area contributed by atoms with Crippen LogP contribution < -0.4 is 11.1 Å². The molecule has 1 aromatic rings. The van der Waals surface area contributed by atoms with Crippen LogP contribution in [0.25, 0.3) is 0 Å². The van der Waals surface area contributed by atoms with Gasteiger partial charge < -0.3 is 16.3 Å². The van der Waals surface area contributed by atoms with Crippen LogP contribution in [-0.2, 0) is 6.54 Å². The molecule has 3 rings (SSSR count). The number of amidine groups is 1. The van der Waals surface area contributed by atoms with Gasteiger partial charge in [0.2, 0.25) is 0 Å². The van der Waals surface area contributed by atoms with Crippen molar-refractivity contribution in [2.45, 2.75) is 32.2 Å². The second-order valence-corrected chi connectivity index (χ2v) is 5.93. The van der Waals surface area contributed by atoms with E-state index in [4.69, 9.17) is 10.9 Å². The fourth-order valence-corrected chi connectivity index (χ4v) is 2.94. The normalized spacial score (nSPS) is 21.4. The Morgan fingerprint density at radius 1 is 1.42 bits per heavy atom.